The highest BCUT2D eigenvalue weighted by Crippen LogP contribution is 2.17. The maximum Gasteiger partial charge on any atom is 0.339 e. The lowest BCUT2D eigenvalue weighted by molar-refractivity contribution is -0.130. The summed E-state index contributed by atoms with van der Waals surface area (Å²) in [5, 5.41) is 9.03. The van der Waals surface area contributed by atoms with Crippen molar-refractivity contribution in [3.05, 3.63) is 58.5 Å². The van der Waals surface area contributed by atoms with Crippen molar-refractivity contribution in [3.8, 4) is 0 Å². The number of hydrogen-bond donors (Lipinski definition) is 1. The molecule has 5 heteroatoms. The molecule has 0 fully saturated rings. The number of aryl methyl sites for hydroxylation is 3. The Kier molecular flexibility index (Phi) is 6.39. The van der Waals surface area contributed by atoms with Crippen molar-refractivity contribution < 1.29 is 19.1 Å². The molecule has 1 heterocycles. The lowest BCUT2D eigenvalue weighted by Crippen LogP contribution is -2.25. The van der Waals surface area contributed by atoms with Gasteiger partial charge in [0.15, 0.2) is 0 Å². The van der Waals surface area contributed by atoms with Crippen LogP contribution in [0.5, 0.6) is 0 Å². The van der Waals surface area contributed by atoms with Crippen molar-refractivity contribution >= 4 is 11.9 Å². The Morgan fingerprint density at radius 2 is 1.80 bits per heavy atom. The highest BCUT2D eigenvalue weighted by Gasteiger charge is 2.16. The van der Waals surface area contributed by atoms with E-state index in [9.17, 15) is 9.59 Å². The topological polar surface area (TPSA) is 70.8 Å². The van der Waals surface area contributed by atoms with E-state index in [0.717, 1.165) is 19.3 Å². The number of carboxylic acids is 1. The monoisotopic (exact) mass is 343 g/mol. The molecule has 134 valence electrons. The van der Waals surface area contributed by atoms with Crippen LogP contribution in [0.25, 0.3) is 0 Å². The van der Waals surface area contributed by atoms with E-state index in [0.29, 0.717) is 17.9 Å². The highest BCUT2D eigenvalue weighted by atomic mass is 16.4. The summed E-state index contributed by atoms with van der Waals surface area (Å²) >= 11 is 0. The number of aromatic carboxylic acids is 1. The summed E-state index contributed by atoms with van der Waals surface area (Å²) in [6.45, 7) is 3.96. The van der Waals surface area contributed by atoms with Gasteiger partial charge in [-0.05, 0) is 44.7 Å². The van der Waals surface area contributed by atoms with Crippen LogP contribution in [-0.4, -0.2) is 28.9 Å². The molecule has 0 aliphatic heterocycles. The predicted octanol–water partition coefficient (Wildman–Crippen LogP) is 3.97. The molecule has 0 atom stereocenters. The molecule has 1 N–H and O–H groups in total. The third-order valence-corrected chi connectivity index (χ3v) is 4.24. The van der Waals surface area contributed by atoms with E-state index in [4.69, 9.17) is 9.52 Å². The van der Waals surface area contributed by atoms with Crippen LogP contribution in [0.4, 0.5) is 0 Å². The lowest BCUT2D eigenvalue weighted by Gasteiger charge is -2.15. The molecule has 0 aliphatic carbocycles. The van der Waals surface area contributed by atoms with Crippen LogP contribution in [0, 0.1) is 13.8 Å². The van der Waals surface area contributed by atoms with Crippen molar-refractivity contribution in [1.29, 1.82) is 0 Å². The molecule has 0 radical (unpaired) electrons. The minimum absolute atomic E-state index is 0.0369. The van der Waals surface area contributed by atoms with Crippen LogP contribution in [0.3, 0.4) is 0 Å². The Balaban J connectivity index is 1.75. The number of furan rings is 1. The fourth-order valence-electron chi connectivity index (χ4n) is 2.71. The molecule has 1 aromatic heterocycles. The number of rotatable bonds is 8. The van der Waals surface area contributed by atoms with Gasteiger partial charge in [0, 0.05) is 13.5 Å². The first-order valence-electron chi connectivity index (χ1n) is 8.49. The molecular weight excluding hydrogens is 318 g/mol. The largest absolute Gasteiger partial charge is 0.478 e. The van der Waals surface area contributed by atoms with E-state index >= 15 is 0 Å². The number of carbonyl (C=O) groups excluding carboxylic acids is 1. The maximum atomic E-state index is 12.2. The third-order valence-electron chi connectivity index (χ3n) is 4.24. The summed E-state index contributed by atoms with van der Waals surface area (Å²) < 4.78 is 5.42. The summed E-state index contributed by atoms with van der Waals surface area (Å²) in [4.78, 5) is 24.8. The quantitative estimate of drug-likeness (QED) is 0.736. The number of carboxylic acid groups (broad SMARTS) is 1. The van der Waals surface area contributed by atoms with E-state index in [-0.39, 0.29) is 18.0 Å². The van der Waals surface area contributed by atoms with Gasteiger partial charge in [-0.2, -0.15) is 0 Å². The number of amides is 1. The molecule has 25 heavy (non-hydrogen) atoms. The fraction of sp³-hybridized carbons (Fsp3) is 0.400. The van der Waals surface area contributed by atoms with Gasteiger partial charge in [-0.3, -0.25) is 4.79 Å². The number of unbranched alkanes of at least 4 members (excludes halogenated alkanes) is 1. The van der Waals surface area contributed by atoms with Crippen molar-refractivity contribution in [2.75, 3.05) is 7.05 Å². The third kappa shape index (κ3) is 5.48. The first-order chi connectivity index (χ1) is 11.9. The maximum absolute atomic E-state index is 12.2. The van der Waals surface area contributed by atoms with Gasteiger partial charge in [0.25, 0.3) is 0 Å². The Hall–Kier alpha value is -2.56. The van der Waals surface area contributed by atoms with E-state index in [1.165, 1.54) is 17.2 Å². The Bertz CT molecular complexity index is 731. The standard InChI is InChI=1S/C20H25NO4/c1-14-8-10-16(11-9-14)6-4-5-7-19(22)21(3)13-17-12-18(20(23)24)15(2)25-17/h8-12H,4-7,13H2,1-3H3,(H,23,24). The average Bonchev–Trinajstić information content (AvgIpc) is 2.93. The zero-order valence-electron chi connectivity index (χ0n) is 15.0. The molecular formula is C20H25NO4. The van der Waals surface area contributed by atoms with Gasteiger partial charge in [0.2, 0.25) is 5.91 Å². The summed E-state index contributed by atoms with van der Waals surface area (Å²) in [7, 11) is 1.71. The zero-order chi connectivity index (χ0) is 18.4. The van der Waals surface area contributed by atoms with Crippen molar-refractivity contribution in [2.24, 2.45) is 0 Å². The van der Waals surface area contributed by atoms with Crippen molar-refractivity contribution in [3.63, 3.8) is 0 Å². The first kappa shape index (κ1) is 18.8. The SMILES string of the molecule is Cc1ccc(CCCCC(=O)N(C)Cc2cc(C(=O)O)c(C)o2)cc1. The molecule has 0 saturated carbocycles. The Labute approximate surface area is 148 Å². The van der Waals surface area contributed by atoms with Crippen molar-refractivity contribution in [1.82, 2.24) is 4.90 Å². The summed E-state index contributed by atoms with van der Waals surface area (Å²) in [5.41, 5.74) is 2.69. The minimum atomic E-state index is -1.02. The molecule has 0 aliphatic rings. The molecule has 0 spiro atoms. The van der Waals surface area contributed by atoms with Gasteiger partial charge in [0.05, 0.1) is 6.54 Å². The second-order valence-electron chi connectivity index (χ2n) is 6.43. The second kappa shape index (κ2) is 8.51. The smallest absolute Gasteiger partial charge is 0.339 e. The molecule has 1 aromatic carbocycles. The Morgan fingerprint density at radius 1 is 1.12 bits per heavy atom. The van der Waals surface area contributed by atoms with Gasteiger partial charge in [0.1, 0.15) is 17.1 Å². The molecule has 5 nitrogen and oxygen atoms in total. The van der Waals surface area contributed by atoms with Crippen molar-refractivity contribution in [2.45, 2.75) is 46.1 Å². The van der Waals surface area contributed by atoms with E-state index < -0.39 is 5.97 Å². The molecule has 0 unspecified atom stereocenters. The molecule has 1 amide bonds. The number of benzene rings is 1. The number of carbonyl (C=O) groups is 2. The normalized spacial score (nSPS) is 10.7. The molecule has 2 rings (SSSR count). The summed E-state index contributed by atoms with van der Waals surface area (Å²) in [6.07, 6.45) is 3.24. The fourth-order valence-corrected chi connectivity index (χ4v) is 2.71. The van der Waals surface area contributed by atoms with E-state index in [2.05, 4.69) is 31.2 Å². The van der Waals surface area contributed by atoms with Crippen LogP contribution in [0.1, 0.15) is 52.3 Å². The second-order valence-corrected chi connectivity index (χ2v) is 6.43. The average molecular weight is 343 g/mol. The lowest BCUT2D eigenvalue weighted by atomic mass is 10.1. The zero-order valence-corrected chi connectivity index (χ0v) is 15.0. The van der Waals surface area contributed by atoms with Crippen LogP contribution >= 0.6 is 0 Å². The summed E-state index contributed by atoms with van der Waals surface area (Å²) in [5.74, 6) is -0.126. The van der Waals surface area contributed by atoms with Gasteiger partial charge in [-0.15, -0.1) is 0 Å². The van der Waals surface area contributed by atoms with Crippen LogP contribution in [-0.2, 0) is 17.8 Å². The number of hydrogen-bond acceptors (Lipinski definition) is 3. The minimum Gasteiger partial charge on any atom is -0.478 e. The highest BCUT2D eigenvalue weighted by molar-refractivity contribution is 5.88. The van der Waals surface area contributed by atoms with Gasteiger partial charge in [-0.25, -0.2) is 4.79 Å². The first-order valence-corrected chi connectivity index (χ1v) is 8.49. The number of nitrogens with zero attached hydrogens (tertiary/aromatic N) is 1. The predicted molar refractivity (Wildman–Crippen MR) is 95.6 cm³/mol. The summed E-state index contributed by atoms with van der Waals surface area (Å²) in [6, 6.07) is 9.94. The van der Waals surface area contributed by atoms with Crippen LogP contribution < -0.4 is 0 Å². The molecule has 0 bridgehead atoms. The van der Waals surface area contributed by atoms with E-state index in [1.54, 1.807) is 18.9 Å². The molecule has 0 saturated heterocycles. The van der Waals surface area contributed by atoms with Gasteiger partial charge < -0.3 is 14.4 Å². The van der Waals surface area contributed by atoms with Crippen LogP contribution in [0.2, 0.25) is 0 Å². The van der Waals surface area contributed by atoms with Gasteiger partial charge >= 0.3 is 5.97 Å². The van der Waals surface area contributed by atoms with Gasteiger partial charge in [-0.1, -0.05) is 29.8 Å². The molecule has 2 aromatic rings. The Morgan fingerprint density at radius 3 is 2.40 bits per heavy atom. The van der Waals surface area contributed by atoms with Crippen LogP contribution in [0.15, 0.2) is 34.7 Å². The van der Waals surface area contributed by atoms with E-state index in [1.807, 2.05) is 0 Å².